The Kier molecular flexibility index (Phi) is 4.85. The molecule has 1 heterocycles. The zero-order valence-corrected chi connectivity index (χ0v) is 11.6. The molecule has 0 bridgehead atoms. The Balaban J connectivity index is 2.01. The highest BCUT2D eigenvalue weighted by Crippen LogP contribution is 2.23. The number of aliphatic hydroxyl groups is 1. The van der Waals surface area contributed by atoms with Gasteiger partial charge >= 0.3 is 0 Å². The molecule has 94 valence electrons. The Morgan fingerprint density at radius 3 is 3.12 bits per heavy atom. The predicted molar refractivity (Wildman–Crippen MR) is 70.9 cm³/mol. The molecule has 0 aromatic heterocycles. The van der Waals surface area contributed by atoms with E-state index >= 15 is 0 Å². The van der Waals surface area contributed by atoms with Crippen molar-refractivity contribution in [3.63, 3.8) is 0 Å². The topological polar surface area (TPSA) is 29.5 Å². The van der Waals surface area contributed by atoms with Gasteiger partial charge in [-0.2, -0.15) is 11.8 Å². The molecule has 1 N–H and O–H groups in total. The van der Waals surface area contributed by atoms with Crippen LogP contribution in [0.5, 0.6) is 0 Å². The minimum absolute atomic E-state index is 0.149. The fourth-order valence-corrected chi connectivity index (χ4v) is 3.12. The second-order valence-electron chi connectivity index (χ2n) is 3.99. The minimum atomic E-state index is -0.583. The number of ether oxygens (including phenoxy) is 1. The smallest absolute Gasteiger partial charge is 0.123 e. The monoisotopic (exact) mass is 320 g/mol. The third kappa shape index (κ3) is 3.68. The van der Waals surface area contributed by atoms with Gasteiger partial charge in [-0.1, -0.05) is 15.9 Å². The van der Waals surface area contributed by atoms with Gasteiger partial charge in [0, 0.05) is 22.4 Å². The van der Waals surface area contributed by atoms with Crippen molar-refractivity contribution in [2.75, 3.05) is 18.1 Å². The van der Waals surface area contributed by atoms with E-state index in [4.69, 9.17) is 4.74 Å². The number of hydrogen-bond acceptors (Lipinski definition) is 3. The highest BCUT2D eigenvalue weighted by molar-refractivity contribution is 9.10. The molecule has 1 fully saturated rings. The van der Waals surface area contributed by atoms with E-state index in [1.54, 1.807) is 17.8 Å². The minimum Gasteiger partial charge on any atom is -0.390 e. The summed E-state index contributed by atoms with van der Waals surface area (Å²) in [5.41, 5.74) is 0.775. The van der Waals surface area contributed by atoms with Crippen molar-refractivity contribution in [2.24, 2.45) is 0 Å². The van der Waals surface area contributed by atoms with Gasteiger partial charge in [-0.3, -0.25) is 0 Å². The first-order valence-corrected chi connectivity index (χ1v) is 7.43. The summed E-state index contributed by atoms with van der Waals surface area (Å²) in [6.45, 7) is 0.677. The average molecular weight is 321 g/mol. The van der Waals surface area contributed by atoms with Crippen LogP contribution in [0.15, 0.2) is 22.7 Å². The summed E-state index contributed by atoms with van der Waals surface area (Å²) in [5.74, 6) is 1.50. The van der Waals surface area contributed by atoms with E-state index in [1.165, 1.54) is 12.1 Å². The maximum Gasteiger partial charge on any atom is 0.123 e. The van der Waals surface area contributed by atoms with Crippen LogP contribution >= 0.6 is 27.7 Å². The third-order valence-electron chi connectivity index (χ3n) is 2.71. The van der Waals surface area contributed by atoms with Crippen molar-refractivity contribution in [3.8, 4) is 0 Å². The number of halogens is 2. The van der Waals surface area contributed by atoms with Crippen molar-refractivity contribution in [2.45, 2.75) is 18.6 Å². The Morgan fingerprint density at radius 1 is 1.59 bits per heavy atom. The molecule has 0 saturated carbocycles. The molecule has 17 heavy (non-hydrogen) atoms. The van der Waals surface area contributed by atoms with E-state index in [-0.39, 0.29) is 11.9 Å². The van der Waals surface area contributed by atoms with Crippen LogP contribution in [0.2, 0.25) is 0 Å². The van der Waals surface area contributed by atoms with Crippen LogP contribution in [0, 0.1) is 5.82 Å². The first kappa shape index (κ1) is 13.3. The van der Waals surface area contributed by atoms with Gasteiger partial charge in [0.2, 0.25) is 0 Å². The second-order valence-corrected chi connectivity index (χ2v) is 6.00. The maximum absolute atomic E-state index is 13.1. The molecule has 2 rings (SSSR count). The van der Waals surface area contributed by atoms with E-state index in [0.717, 1.165) is 21.5 Å². The molecule has 0 aliphatic carbocycles. The molecule has 0 spiro atoms. The lowest BCUT2D eigenvalue weighted by Crippen LogP contribution is -2.36. The SMILES string of the molecule is OC(Cc1cc(F)ccc1Br)C1CSCCO1. The van der Waals surface area contributed by atoms with Crippen molar-refractivity contribution in [1.29, 1.82) is 0 Å². The predicted octanol–water partition coefficient (Wildman–Crippen LogP) is 2.62. The zero-order chi connectivity index (χ0) is 12.3. The van der Waals surface area contributed by atoms with Crippen LogP contribution in [-0.4, -0.2) is 35.4 Å². The summed E-state index contributed by atoms with van der Waals surface area (Å²) in [4.78, 5) is 0. The summed E-state index contributed by atoms with van der Waals surface area (Å²) in [5, 5.41) is 10.1. The molecule has 1 aromatic carbocycles. The van der Waals surface area contributed by atoms with Gasteiger partial charge in [0.05, 0.1) is 18.8 Å². The summed E-state index contributed by atoms with van der Waals surface area (Å²) >= 11 is 5.14. The van der Waals surface area contributed by atoms with Gasteiger partial charge in [-0.25, -0.2) is 4.39 Å². The molecule has 1 saturated heterocycles. The van der Waals surface area contributed by atoms with Crippen molar-refractivity contribution in [1.82, 2.24) is 0 Å². The number of thioether (sulfide) groups is 1. The van der Waals surface area contributed by atoms with Crippen molar-refractivity contribution < 1.29 is 14.2 Å². The molecule has 2 unspecified atom stereocenters. The van der Waals surface area contributed by atoms with Crippen LogP contribution in [0.3, 0.4) is 0 Å². The molecule has 0 radical (unpaired) electrons. The van der Waals surface area contributed by atoms with E-state index < -0.39 is 6.10 Å². The molecule has 1 aliphatic heterocycles. The first-order chi connectivity index (χ1) is 8.16. The standard InChI is InChI=1S/C12H14BrFO2S/c13-10-2-1-9(14)5-8(10)6-11(15)12-7-17-4-3-16-12/h1-2,5,11-12,15H,3-4,6-7H2. The molecular formula is C12H14BrFO2S. The summed E-state index contributed by atoms with van der Waals surface area (Å²) < 4.78 is 19.4. The lowest BCUT2D eigenvalue weighted by molar-refractivity contribution is -0.0208. The quantitative estimate of drug-likeness (QED) is 0.928. The fraction of sp³-hybridized carbons (Fsp3) is 0.500. The molecule has 1 aliphatic rings. The van der Waals surface area contributed by atoms with Crippen LogP contribution in [0.25, 0.3) is 0 Å². The van der Waals surface area contributed by atoms with Gasteiger partial charge in [0.1, 0.15) is 5.82 Å². The van der Waals surface area contributed by atoms with Gasteiger partial charge in [0.25, 0.3) is 0 Å². The van der Waals surface area contributed by atoms with E-state index in [9.17, 15) is 9.50 Å². The van der Waals surface area contributed by atoms with Crippen molar-refractivity contribution in [3.05, 3.63) is 34.1 Å². The Hall–Kier alpha value is -0.100. The Bertz CT molecular complexity index is 383. The molecule has 2 nitrogen and oxygen atoms in total. The number of benzene rings is 1. The lowest BCUT2D eigenvalue weighted by Gasteiger charge is -2.27. The van der Waals surface area contributed by atoms with Gasteiger partial charge in [-0.15, -0.1) is 0 Å². The zero-order valence-electron chi connectivity index (χ0n) is 9.23. The number of rotatable bonds is 3. The number of aliphatic hydroxyl groups excluding tert-OH is 1. The van der Waals surface area contributed by atoms with Crippen LogP contribution < -0.4 is 0 Å². The van der Waals surface area contributed by atoms with Crippen LogP contribution in [0.1, 0.15) is 5.56 Å². The highest BCUT2D eigenvalue weighted by Gasteiger charge is 2.23. The molecule has 2 atom stereocenters. The van der Waals surface area contributed by atoms with Crippen LogP contribution in [0.4, 0.5) is 4.39 Å². The van der Waals surface area contributed by atoms with E-state index in [1.807, 2.05) is 0 Å². The normalized spacial score (nSPS) is 22.4. The molecule has 5 heteroatoms. The number of hydrogen-bond donors (Lipinski definition) is 1. The Morgan fingerprint density at radius 2 is 2.41 bits per heavy atom. The Labute approximate surface area is 113 Å². The van der Waals surface area contributed by atoms with Gasteiger partial charge < -0.3 is 9.84 Å². The van der Waals surface area contributed by atoms with Crippen LogP contribution in [-0.2, 0) is 11.2 Å². The molecular weight excluding hydrogens is 307 g/mol. The average Bonchev–Trinajstić information content (AvgIpc) is 2.35. The molecule has 0 amide bonds. The van der Waals surface area contributed by atoms with Crippen molar-refractivity contribution >= 4 is 27.7 Å². The second kappa shape index (κ2) is 6.18. The highest BCUT2D eigenvalue weighted by atomic mass is 79.9. The third-order valence-corrected chi connectivity index (χ3v) is 4.50. The fourth-order valence-electron chi connectivity index (χ4n) is 1.78. The first-order valence-electron chi connectivity index (χ1n) is 5.48. The summed E-state index contributed by atoms with van der Waals surface area (Å²) in [6, 6.07) is 4.50. The summed E-state index contributed by atoms with van der Waals surface area (Å²) in [6.07, 6.45) is -0.325. The van der Waals surface area contributed by atoms with Gasteiger partial charge in [0.15, 0.2) is 0 Å². The maximum atomic E-state index is 13.1. The lowest BCUT2D eigenvalue weighted by atomic mass is 10.0. The van der Waals surface area contributed by atoms with Gasteiger partial charge in [-0.05, 0) is 23.8 Å². The molecule has 1 aromatic rings. The summed E-state index contributed by atoms with van der Waals surface area (Å²) in [7, 11) is 0. The largest absolute Gasteiger partial charge is 0.390 e. The van der Waals surface area contributed by atoms with E-state index in [0.29, 0.717) is 13.0 Å². The van der Waals surface area contributed by atoms with E-state index in [2.05, 4.69) is 15.9 Å².